The van der Waals surface area contributed by atoms with Gasteiger partial charge in [0.2, 0.25) is 47.3 Å². The van der Waals surface area contributed by atoms with Crippen LogP contribution in [-0.4, -0.2) is 130 Å². The van der Waals surface area contributed by atoms with Crippen LogP contribution in [0.5, 0.6) is 0 Å². The standard InChI is InChI=1S/C50H76N10O10S2/c1-28(2)42-50(70)57-38(24-41(61)62)47(67)58-39(26-71)48(68)55-35(21-29-13-5-3-6-14-29)44(64)56-37(23-31-25-52-33-18-10-9-17-32(31)33)46(66)53-34(19-11-12-20-51)43(63)54-36(22-30-15-7-4-8-16-30)45(65)59-40(27-72)49(69)60-42/h9-10,17-18,25,28-30,34-40,42,52,71-72H,3-8,11-16,19-24,26-27,51H2,1-2H3,(H,53,66)(H,54,63)(H,55,68)(H,56,64)(H,57,70)(H,58,67)(H,59,65)(H,60,69)(H,61,62)/t34-,35-,36-,37-,38-,39-,40-,42-/m0/s1. The number of H-pyrrole nitrogens is 1. The van der Waals surface area contributed by atoms with Gasteiger partial charge < -0.3 is 58.4 Å². The Bertz CT molecular complexity index is 2200. The molecule has 1 saturated heterocycles. The van der Waals surface area contributed by atoms with Crippen molar-refractivity contribution in [2.75, 3.05) is 18.1 Å². The molecule has 0 spiro atoms. The quantitative estimate of drug-likeness (QED) is 0.0899. The van der Waals surface area contributed by atoms with Crippen LogP contribution in [0, 0.1) is 17.8 Å². The molecule has 1 aromatic carbocycles. The van der Waals surface area contributed by atoms with E-state index >= 15 is 0 Å². The summed E-state index contributed by atoms with van der Waals surface area (Å²) in [6.07, 6.45) is 11.2. The van der Waals surface area contributed by atoms with Crippen molar-refractivity contribution in [2.24, 2.45) is 23.5 Å². The van der Waals surface area contributed by atoms with Crippen molar-refractivity contribution in [3.8, 4) is 0 Å². The van der Waals surface area contributed by atoms with Crippen molar-refractivity contribution in [3.63, 3.8) is 0 Å². The van der Waals surface area contributed by atoms with Gasteiger partial charge in [0.05, 0.1) is 6.42 Å². The zero-order valence-electron chi connectivity index (χ0n) is 41.5. The fraction of sp³-hybridized carbons (Fsp3) is 0.660. The lowest BCUT2D eigenvalue weighted by Crippen LogP contribution is -2.62. The van der Waals surface area contributed by atoms with Gasteiger partial charge in [-0.05, 0) is 68.0 Å². The van der Waals surface area contributed by atoms with Gasteiger partial charge in [-0.2, -0.15) is 25.3 Å². The number of amides is 8. The highest BCUT2D eigenvalue weighted by Gasteiger charge is 2.38. The Hall–Kier alpha value is -5.35. The lowest BCUT2D eigenvalue weighted by Gasteiger charge is -2.31. The molecule has 2 saturated carbocycles. The topological polar surface area (TPSA) is 312 Å². The summed E-state index contributed by atoms with van der Waals surface area (Å²) in [5, 5.41) is 32.3. The number of fused-ring (bicyclic) bond motifs is 1. The summed E-state index contributed by atoms with van der Waals surface area (Å²) >= 11 is 8.66. The number of carbonyl (C=O) groups is 9. The van der Waals surface area contributed by atoms with E-state index in [-0.39, 0.29) is 49.0 Å². The highest BCUT2D eigenvalue weighted by Crippen LogP contribution is 2.29. The number of carboxylic acid groups (broad SMARTS) is 1. The molecule has 0 bridgehead atoms. The van der Waals surface area contributed by atoms with Crippen LogP contribution < -0.4 is 48.3 Å². The van der Waals surface area contributed by atoms with Crippen LogP contribution in [0.4, 0.5) is 0 Å². The van der Waals surface area contributed by atoms with Gasteiger partial charge in [0, 0.05) is 35.0 Å². The fourth-order valence-corrected chi connectivity index (χ4v) is 10.4. The van der Waals surface area contributed by atoms with Crippen LogP contribution in [0.25, 0.3) is 10.9 Å². The maximum Gasteiger partial charge on any atom is 0.305 e. The summed E-state index contributed by atoms with van der Waals surface area (Å²) in [5.74, 6) is -8.87. The Morgan fingerprint density at radius 2 is 1.03 bits per heavy atom. The second-order valence-corrected chi connectivity index (χ2v) is 20.7. The number of carboxylic acids is 1. The summed E-state index contributed by atoms with van der Waals surface area (Å²) in [6.45, 7) is 3.55. The van der Waals surface area contributed by atoms with E-state index in [0.29, 0.717) is 24.9 Å². The predicted octanol–water partition coefficient (Wildman–Crippen LogP) is 1.66. The third kappa shape index (κ3) is 17.1. The molecule has 0 radical (unpaired) electrons. The zero-order chi connectivity index (χ0) is 52.3. The molecule has 2 aliphatic carbocycles. The van der Waals surface area contributed by atoms with Crippen molar-refractivity contribution >= 4 is 89.4 Å². The van der Waals surface area contributed by atoms with E-state index in [1.165, 1.54) is 0 Å². The number of nitrogens with two attached hydrogens (primary N) is 1. The Morgan fingerprint density at radius 3 is 1.56 bits per heavy atom. The number of hydrogen-bond donors (Lipinski definition) is 13. The van der Waals surface area contributed by atoms with Crippen molar-refractivity contribution in [1.29, 1.82) is 0 Å². The van der Waals surface area contributed by atoms with Crippen LogP contribution in [0.3, 0.4) is 0 Å². The smallest absolute Gasteiger partial charge is 0.305 e. The number of carbonyl (C=O) groups excluding carboxylic acids is 8. The summed E-state index contributed by atoms with van der Waals surface area (Å²) in [4.78, 5) is 130. The van der Waals surface area contributed by atoms with Crippen LogP contribution in [0.15, 0.2) is 30.5 Å². The van der Waals surface area contributed by atoms with Crippen LogP contribution in [0.2, 0.25) is 0 Å². The lowest BCUT2D eigenvalue weighted by atomic mass is 9.84. The lowest BCUT2D eigenvalue weighted by molar-refractivity contribution is -0.141. The highest BCUT2D eigenvalue weighted by atomic mass is 32.1. The van der Waals surface area contributed by atoms with Gasteiger partial charge in [0.15, 0.2) is 0 Å². The molecule has 1 aliphatic heterocycles. The minimum absolute atomic E-state index is 0.0218. The van der Waals surface area contributed by atoms with E-state index in [1.807, 2.05) is 24.3 Å². The minimum atomic E-state index is -1.73. The molecule has 12 N–H and O–H groups in total. The van der Waals surface area contributed by atoms with Gasteiger partial charge in [-0.1, -0.05) is 96.3 Å². The molecule has 20 nitrogen and oxygen atoms in total. The first-order chi connectivity index (χ1) is 34.5. The van der Waals surface area contributed by atoms with Gasteiger partial charge in [-0.25, -0.2) is 0 Å². The molecule has 2 heterocycles. The predicted molar refractivity (Wildman–Crippen MR) is 278 cm³/mol. The minimum Gasteiger partial charge on any atom is -0.481 e. The normalized spacial score (nSPS) is 26.8. The maximum absolute atomic E-state index is 14.8. The molecule has 2 aromatic rings. The summed E-state index contributed by atoms with van der Waals surface area (Å²) < 4.78 is 0. The number of aromatic amines is 1. The summed E-state index contributed by atoms with van der Waals surface area (Å²) in [7, 11) is 0. The van der Waals surface area contributed by atoms with E-state index in [2.05, 4.69) is 72.8 Å². The second kappa shape index (κ2) is 28.8. The number of thiol groups is 2. The Balaban J connectivity index is 1.58. The average molecular weight is 1040 g/mol. The average Bonchev–Trinajstić information content (AvgIpc) is 3.77. The van der Waals surface area contributed by atoms with E-state index in [9.17, 15) is 48.3 Å². The number of para-hydroxylation sites is 1. The first-order valence-corrected chi connectivity index (χ1v) is 26.9. The highest BCUT2D eigenvalue weighted by molar-refractivity contribution is 7.80. The molecule has 3 aliphatic rings. The Morgan fingerprint density at radius 1 is 0.583 bits per heavy atom. The van der Waals surface area contributed by atoms with Crippen LogP contribution in [-0.2, 0) is 49.6 Å². The molecule has 22 heteroatoms. The first kappa shape index (κ1) is 57.5. The molecule has 1 aromatic heterocycles. The molecule has 8 atom stereocenters. The first-order valence-electron chi connectivity index (χ1n) is 25.6. The molecular weight excluding hydrogens is 965 g/mol. The number of nitrogens with one attached hydrogen (secondary N) is 9. The van der Waals surface area contributed by atoms with Gasteiger partial charge in [0.1, 0.15) is 48.3 Å². The third-order valence-electron chi connectivity index (χ3n) is 14.1. The number of hydrogen-bond acceptors (Lipinski definition) is 12. The number of rotatable bonds is 15. The number of unbranched alkanes of at least 4 members (excludes halogenated alkanes) is 1. The van der Waals surface area contributed by atoms with E-state index in [4.69, 9.17) is 5.73 Å². The van der Waals surface area contributed by atoms with Crippen molar-refractivity contribution in [2.45, 2.75) is 171 Å². The molecule has 398 valence electrons. The molecule has 5 rings (SSSR count). The molecular formula is C50H76N10O10S2. The second-order valence-electron chi connectivity index (χ2n) is 19.9. The molecule has 0 unspecified atom stereocenters. The number of aliphatic carboxylic acids is 1. The number of benzene rings is 1. The van der Waals surface area contributed by atoms with Crippen LogP contribution >= 0.6 is 25.3 Å². The fourth-order valence-electron chi connectivity index (χ4n) is 9.92. The molecule has 8 amide bonds. The maximum atomic E-state index is 14.8. The molecule has 72 heavy (non-hydrogen) atoms. The van der Waals surface area contributed by atoms with Crippen molar-refractivity contribution < 1.29 is 48.3 Å². The Kier molecular flexibility index (Phi) is 23.0. The van der Waals surface area contributed by atoms with Crippen molar-refractivity contribution in [1.82, 2.24) is 47.5 Å². The number of aromatic nitrogens is 1. The summed E-state index contributed by atoms with van der Waals surface area (Å²) in [6, 6.07) is -3.28. The van der Waals surface area contributed by atoms with Gasteiger partial charge in [-0.3, -0.25) is 43.2 Å². The molecule has 3 fully saturated rings. The van der Waals surface area contributed by atoms with Gasteiger partial charge in [-0.15, -0.1) is 0 Å². The summed E-state index contributed by atoms with van der Waals surface area (Å²) in [5.41, 5.74) is 7.34. The van der Waals surface area contributed by atoms with Crippen molar-refractivity contribution in [3.05, 3.63) is 36.0 Å². The third-order valence-corrected chi connectivity index (χ3v) is 14.8. The SMILES string of the molecule is CC(C)[C@@H]1NC(=O)[C@H](CS)NC(=O)[C@H](CC2CCCCC2)NC(=O)[C@H](CCCCN)NC(=O)[C@H](Cc2c[nH]c3ccccc23)NC(=O)[C@H](CC2CCCCC2)NC(=O)[C@H](CS)NC(=O)[C@H](CC(=O)O)NC1=O. The van der Waals surface area contributed by atoms with Gasteiger partial charge in [0.25, 0.3) is 0 Å². The van der Waals surface area contributed by atoms with E-state index in [1.54, 1.807) is 20.0 Å². The van der Waals surface area contributed by atoms with E-state index < -0.39 is 114 Å². The van der Waals surface area contributed by atoms with Crippen LogP contribution in [0.1, 0.15) is 122 Å². The monoisotopic (exact) mass is 1040 g/mol. The van der Waals surface area contributed by atoms with E-state index in [0.717, 1.165) is 75.1 Å². The Labute approximate surface area is 432 Å². The largest absolute Gasteiger partial charge is 0.481 e. The zero-order valence-corrected chi connectivity index (χ0v) is 43.3. The van der Waals surface area contributed by atoms with Gasteiger partial charge >= 0.3 is 5.97 Å².